The summed E-state index contributed by atoms with van der Waals surface area (Å²) < 4.78 is 13.5. The molecule has 1 atom stereocenters. The first-order chi connectivity index (χ1) is 17.3. The number of carboxylic acids is 1. The molecule has 1 N–H and O–H groups in total. The first kappa shape index (κ1) is 29.0. The Morgan fingerprint density at radius 2 is 1.73 bits per heavy atom. The molecule has 190 valence electrons. The molecule has 4 rings (SSSR count). The summed E-state index contributed by atoms with van der Waals surface area (Å²) >= 11 is 0. The third-order valence-electron chi connectivity index (χ3n) is 7.01. The van der Waals surface area contributed by atoms with Crippen LogP contribution in [0.5, 0.6) is 0 Å². The zero-order valence-corrected chi connectivity index (χ0v) is 23.5. The van der Waals surface area contributed by atoms with Crippen molar-refractivity contribution in [2.45, 2.75) is 70.0 Å². The Morgan fingerprint density at radius 3 is 2.32 bits per heavy atom. The molecule has 37 heavy (non-hydrogen) atoms. The molecular weight excluding hydrogens is 484 g/mol. The first-order valence-electron chi connectivity index (χ1n) is 12.6. The molecule has 1 aliphatic heterocycles. The SMILES string of the molecule is CCC[C@H](c1ccc(C(=O)NCCC(=O)[O-])cc1)N1C(=O)C(c2ccc(F)cc2)=NC12CCCCC2.[Na+]. The smallest absolute Gasteiger partial charge is 0.550 e. The van der Waals surface area contributed by atoms with Crippen LogP contribution in [0.3, 0.4) is 0 Å². The maximum Gasteiger partial charge on any atom is 1.00 e. The average molecular weight is 516 g/mol. The van der Waals surface area contributed by atoms with Gasteiger partial charge in [-0.1, -0.05) is 31.9 Å². The number of hydrogen-bond acceptors (Lipinski definition) is 5. The van der Waals surface area contributed by atoms with Gasteiger partial charge >= 0.3 is 29.6 Å². The maximum absolute atomic E-state index is 13.9. The second kappa shape index (κ2) is 12.8. The van der Waals surface area contributed by atoms with E-state index in [0.29, 0.717) is 16.8 Å². The number of nitrogens with one attached hydrogen (secondary N) is 1. The average Bonchev–Trinajstić information content (AvgIpc) is 3.14. The van der Waals surface area contributed by atoms with Crippen LogP contribution in [-0.4, -0.2) is 40.6 Å². The van der Waals surface area contributed by atoms with Gasteiger partial charge in [0.15, 0.2) is 0 Å². The van der Waals surface area contributed by atoms with Crippen molar-refractivity contribution in [1.29, 1.82) is 0 Å². The Hall–Kier alpha value is -2.55. The number of aliphatic imine (C=N–C) groups is 1. The minimum absolute atomic E-state index is 0. The summed E-state index contributed by atoms with van der Waals surface area (Å²) in [5.74, 6) is -2.09. The number of amides is 2. The molecule has 0 bridgehead atoms. The van der Waals surface area contributed by atoms with Crippen molar-refractivity contribution in [2.75, 3.05) is 6.54 Å². The Balaban J connectivity index is 0.00000380. The van der Waals surface area contributed by atoms with Crippen molar-refractivity contribution in [3.63, 3.8) is 0 Å². The predicted molar refractivity (Wildman–Crippen MR) is 132 cm³/mol. The van der Waals surface area contributed by atoms with Gasteiger partial charge in [0.1, 0.15) is 17.2 Å². The number of nitrogens with zero attached hydrogens (tertiary/aromatic N) is 2. The molecule has 1 saturated carbocycles. The van der Waals surface area contributed by atoms with Crippen LogP contribution >= 0.6 is 0 Å². The van der Waals surface area contributed by atoms with Gasteiger partial charge < -0.3 is 20.1 Å². The van der Waals surface area contributed by atoms with E-state index < -0.39 is 11.6 Å². The fourth-order valence-corrected chi connectivity index (χ4v) is 5.27. The van der Waals surface area contributed by atoms with E-state index in [1.807, 2.05) is 17.0 Å². The first-order valence-corrected chi connectivity index (χ1v) is 12.6. The molecular formula is C28H31FN3NaO4. The number of carboxylic acid groups (broad SMARTS) is 1. The van der Waals surface area contributed by atoms with Crippen molar-refractivity contribution in [1.82, 2.24) is 10.2 Å². The molecule has 2 aliphatic rings. The van der Waals surface area contributed by atoms with Gasteiger partial charge in [-0.3, -0.25) is 14.6 Å². The van der Waals surface area contributed by atoms with Gasteiger partial charge in [0.05, 0.1) is 6.04 Å². The molecule has 1 aliphatic carbocycles. The standard InChI is InChI=1S/C28H32FN3O4.Na/c1-2-6-23(19-7-9-21(10-8-19)26(35)30-18-15-24(33)34)32-27(36)25(20-11-13-22(29)14-12-20)31-28(32)16-4-3-5-17-28;/h7-14,23H,2-6,15-18H2,1H3,(H,30,35)(H,33,34);/q;+1/p-1/t23-;/m1./s1. The zero-order valence-electron chi connectivity index (χ0n) is 21.5. The second-order valence-electron chi connectivity index (χ2n) is 9.49. The van der Waals surface area contributed by atoms with E-state index in [2.05, 4.69) is 12.2 Å². The summed E-state index contributed by atoms with van der Waals surface area (Å²) in [7, 11) is 0. The molecule has 1 spiro atoms. The maximum atomic E-state index is 13.9. The van der Waals surface area contributed by atoms with E-state index in [1.165, 1.54) is 12.1 Å². The predicted octanol–water partition coefficient (Wildman–Crippen LogP) is 0.533. The molecule has 2 aromatic carbocycles. The van der Waals surface area contributed by atoms with Crippen LogP contribution in [0.4, 0.5) is 4.39 Å². The van der Waals surface area contributed by atoms with Gasteiger partial charge in [0.2, 0.25) is 0 Å². The summed E-state index contributed by atoms with van der Waals surface area (Å²) in [6.07, 6.45) is 5.95. The van der Waals surface area contributed by atoms with Crippen LogP contribution in [-0.2, 0) is 9.59 Å². The number of benzene rings is 2. The Labute approximate surface area is 238 Å². The van der Waals surface area contributed by atoms with Crippen molar-refractivity contribution in [3.8, 4) is 0 Å². The Bertz CT molecular complexity index is 1150. The number of carbonyl (C=O) groups excluding carboxylic acids is 3. The molecule has 0 aromatic heterocycles. The van der Waals surface area contributed by atoms with E-state index in [9.17, 15) is 23.9 Å². The number of halogens is 1. The van der Waals surface area contributed by atoms with E-state index >= 15 is 0 Å². The van der Waals surface area contributed by atoms with Crippen molar-refractivity contribution >= 4 is 23.5 Å². The fraction of sp³-hybridized carbons (Fsp3) is 0.429. The Morgan fingerprint density at radius 1 is 1.08 bits per heavy atom. The van der Waals surface area contributed by atoms with Crippen LogP contribution in [0.1, 0.15) is 85.8 Å². The largest absolute Gasteiger partial charge is 1.00 e. The van der Waals surface area contributed by atoms with E-state index in [4.69, 9.17) is 4.99 Å². The number of rotatable bonds is 9. The zero-order chi connectivity index (χ0) is 25.7. The molecule has 1 heterocycles. The molecule has 2 aromatic rings. The van der Waals surface area contributed by atoms with Crippen molar-refractivity contribution in [2.24, 2.45) is 4.99 Å². The van der Waals surface area contributed by atoms with Gasteiger partial charge in [-0.15, -0.1) is 0 Å². The van der Waals surface area contributed by atoms with Gasteiger partial charge in [0, 0.05) is 30.1 Å². The van der Waals surface area contributed by atoms with Gasteiger partial charge in [0.25, 0.3) is 11.8 Å². The summed E-state index contributed by atoms with van der Waals surface area (Å²) in [6, 6.07) is 12.8. The summed E-state index contributed by atoms with van der Waals surface area (Å²) in [4.78, 5) is 43.8. The third-order valence-corrected chi connectivity index (χ3v) is 7.01. The van der Waals surface area contributed by atoms with Crippen molar-refractivity contribution in [3.05, 3.63) is 71.0 Å². The van der Waals surface area contributed by atoms with Gasteiger partial charge in [-0.05, 0) is 74.1 Å². The second-order valence-corrected chi connectivity index (χ2v) is 9.49. The Kier molecular flexibility index (Phi) is 10.0. The topological polar surface area (TPSA) is 102 Å². The molecule has 0 saturated heterocycles. The van der Waals surface area contributed by atoms with E-state index in [-0.39, 0.29) is 66.2 Å². The summed E-state index contributed by atoms with van der Waals surface area (Å²) in [5.41, 5.74) is 1.70. The van der Waals surface area contributed by atoms with Crippen LogP contribution in [0.15, 0.2) is 53.5 Å². The number of aliphatic carboxylic acids is 1. The summed E-state index contributed by atoms with van der Waals surface area (Å²) in [6.45, 7) is 2.07. The van der Waals surface area contributed by atoms with Crippen LogP contribution in [0, 0.1) is 5.82 Å². The third kappa shape index (κ3) is 6.48. The molecule has 7 nitrogen and oxygen atoms in total. The molecule has 1 fully saturated rings. The van der Waals surface area contributed by atoms with E-state index in [0.717, 1.165) is 50.5 Å². The minimum atomic E-state index is -1.22. The molecule has 0 unspecified atom stereocenters. The van der Waals surface area contributed by atoms with Crippen LogP contribution in [0.25, 0.3) is 0 Å². The molecule has 2 amide bonds. The van der Waals surface area contributed by atoms with Crippen LogP contribution < -0.4 is 40.0 Å². The quantitative estimate of drug-likeness (QED) is 0.493. The van der Waals surface area contributed by atoms with Crippen LogP contribution in [0.2, 0.25) is 0 Å². The fourth-order valence-electron chi connectivity index (χ4n) is 5.27. The van der Waals surface area contributed by atoms with E-state index in [1.54, 1.807) is 24.3 Å². The molecule has 9 heteroatoms. The summed E-state index contributed by atoms with van der Waals surface area (Å²) in [5, 5.41) is 13.2. The monoisotopic (exact) mass is 515 g/mol. The number of hydrogen-bond donors (Lipinski definition) is 1. The normalized spacial score (nSPS) is 17.2. The molecule has 0 radical (unpaired) electrons. The van der Waals surface area contributed by atoms with Gasteiger partial charge in [-0.2, -0.15) is 0 Å². The minimum Gasteiger partial charge on any atom is -0.550 e. The van der Waals surface area contributed by atoms with Crippen molar-refractivity contribution < 1.29 is 53.4 Å². The van der Waals surface area contributed by atoms with Gasteiger partial charge in [-0.25, -0.2) is 4.39 Å². The number of carbonyl (C=O) groups is 3.